The Kier molecular flexibility index (Phi) is 7.70. The van der Waals surface area contributed by atoms with E-state index in [2.05, 4.69) is 17.4 Å². The highest BCUT2D eigenvalue weighted by molar-refractivity contribution is 5.18. The van der Waals surface area contributed by atoms with Gasteiger partial charge in [0.25, 0.3) is 0 Å². The van der Waals surface area contributed by atoms with Crippen LogP contribution in [0.3, 0.4) is 0 Å². The van der Waals surface area contributed by atoms with E-state index in [-0.39, 0.29) is 6.04 Å². The first-order valence-corrected chi connectivity index (χ1v) is 8.00. The molecule has 2 aliphatic heterocycles. The monoisotopic (exact) mass is 293 g/mol. The van der Waals surface area contributed by atoms with E-state index in [1.54, 1.807) is 10.7 Å². The smallest absolute Gasteiger partial charge is 0.0622 e. The number of hydrogen-bond acceptors (Lipinski definition) is 5. The zero-order chi connectivity index (χ0) is 14.8. The van der Waals surface area contributed by atoms with Gasteiger partial charge in [0, 0.05) is 6.54 Å². The van der Waals surface area contributed by atoms with Crippen LogP contribution in [0.15, 0.2) is 30.3 Å². The maximum Gasteiger partial charge on any atom is 0.0622 e. The van der Waals surface area contributed by atoms with Crippen molar-refractivity contribution in [3.63, 3.8) is 0 Å². The second-order valence-electron chi connectivity index (χ2n) is 5.56. The predicted molar refractivity (Wildman–Crippen MR) is 82.5 cm³/mol. The molecule has 2 aliphatic rings. The van der Waals surface area contributed by atoms with Crippen LogP contribution in [0.2, 0.25) is 0 Å². The highest BCUT2D eigenvalue weighted by Gasteiger charge is 2.24. The summed E-state index contributed by atoms with van der Waals surface area (Å²) in [7, 11) is 0. The lowest BCUT2D eigenvalue weighted by molar-refractivity contribution is -0.310. The molecule has 0 aromatic heterocycles. The topological polar surface area (TPSA) is 56.8 Å². The zero-order valence-electron chi connectivity index (χ0n) is 12.6. The molecule has 3 N–H and O–H groups in total. The molecule has 0 radical (unpaired) electrons. The lowest BCUT2D eigenvalue weighted by Crippen LogP contribution is -2.37. The molecule has 1 unspecified atom stereocenters. The number of hydrogen-bond donors (Lipinski definition) is 3. The van der Waals surface area contributed by atoms with Crippen LogP contribution in [0, 0.1) is 0 Å². The maximum atomic E-state index is 8.57. The minimum atomic E-state index is 0.236. The van der Waals surface area contributed by atoms with Gasteiger partial charge in [0.05, 0.1) is 6.04 Å². The van der Waals surface area contributed by atoms with Crippen molar-refractivity contribution in [3.8, 4) is 0 Å². The van der Waals surface area contributed by atoms with Crippen LogP contribution >= 0.6 is 0 Å². The van der Waals surface area contributed by atoms with E-state index in [9.17, 15) is 0 Å². The van der Waals surface area contributed by atoms with Crippen molar-refractivity contribution in [1.29, 1.82) is 0 Å². The molecular weight excluding hydrogens is 266 g/mol. The van der Waals surface area contributed by atoms with Crippen LogP contribution in [-0.4, -0.2) is 29.9 Å². The first kappa shape index (κ1) is 16.4. The van der Waals surface area contributed by atoms with Crippen molar-refractivity contribution in [2.24, 2.45) is 0 Å². The SMILES string of the molecule is C1CCNCC1.ONON1CCCCC1c1ccccc1. The first-order chi connectivity index (χ1) is 10.4. The van der Waals surface area contributed by atoms with E-state index in [1.165, 1.54) is 44.3 Å². The maximum absolute atomic E-state index is 8.57. The normalized spacial score (nSPS) is 23.2. The third-order valence-corrected chi connectivity index (χ3v) is 4.00. The number of nitrogens with zero attached hydrogens (tertiary/aromatic N) is 1. The summed E-state index contributed by atoms with van der Waals surface area (Å²) in [5, 5.41) is 13.6. The Morgan fingerprint density at radius 1 is 1.05 bits per heavy atom. The van der Waals surface area contributed by atoms with Gasteiger partial charge in [-0.15, -0.1) is 0 Å². The summed E-state index contributed by atoms with van der Waals surface area (Å²) >= 11 is 0. The van der Waals surface area contributed by atoms with E-state index < -0.39 is 0 Å². The van der Waals surface area contributed by atoms with Crippen molar-refractivity contribution in [1.82, 2.24) is 16.0 Å². The summed E-state index contributed by atoms with van der Waals surface area (Å²) in [4.78, 5) is 4.99. The van der Waals surface area contributed by atoms with Crippen LogP contribution in [0.25, 0.3) is 0 Å². The van der Waals surface area contributed by atoms with Crippen molar-refractivity contribution in [2.75, 3.05) is 19.6 Å². The van der Waals surface area contributed by atoms with Gasteiger partial charge in [-0.2, -0.15) is 10.0 Å². The summed E-state index contributed by atoms with van der Waals surface area (Å²) in [5.41, 5.74) is 2.99. The minimum absolute atomic E-state index is 0.236. The minimum Gasteiger partial charge on any atom is -0.317 e. The molecule has 1 atom stereocenters. The van der Waals surface area contributed by atoms with Crippen molar-refractivity contribution >= 4 is 0 Å². The molecule has 2 fully saturated rings. The number of rotatable bonds is 3. The van der Waals surface area contributed by atoms with Gasteiger partial charge < -0.3 is 5.32 Å². The highest BCUT2D eigenvalue weighted by atomic mass is 16.9. The standard InChI is InChI=1S/C11H16N2O2.C5H11N/c14-12-15-13-9-5-4-8-11(13)10-6-2-1-3-7-10;1-2-4-6-5-3-1/h1-3,6-7,11-12,14H,4-5,8-9H2;6H,1-5H2. The summed E-state index contributed by atoms with van der Waals surface area (Å²) in [6.45, 7) is 3.34. The summed E-state index contributed by atoms with van der Waals surface area (Å²) < 4.78 is 0. The van der Waals surface area contributed by atoms with Gasteiger partial charge in [-0.1, -0.05) is 48.8 Å². The quantitative estimate of drug-likeness (QED) is 0.748. The highest BCUT2D eigenvalue weighted by Crippen LogP contribution is 2.30. The fraction of sp³-hybridized carbons (Fsp3) is 0.625. The van der Waals surface area contributed by atoms with Gasteiger partial charge >= 0.3 is 0 Å². The van der Waals surface area contributed by atoms with Crippen LogP contribution in [0.4, 0.5) is 0 Å². The molecule has 21 heavy (non-hydrogen) atoms. The molecule has 5 nitrogen and oxygen atoms in total. The first-order valence-electron chi connectivity index (χ1n) is 8.00. The molecule has 3 rings (SSSR count). The average molecular weight is 293 g/mol. The molecular formula is C16H27N3O2. The third-order valence-electron chi connectivity index (χ3n) is 4.00. The fourth-order valence-corrected chi connectivity index (χ4v) is 2.88. The van der Waals surface area contributed by atoms with Crippen LogP contribution < -0.4 is 11.0 Å². The second-order valence-corrected chi connectivity index (χ2v) is 5.56. The molecule has 1 aromatic rings. The number of nitrogens with one attached hydrogen (secondary N) is 2. The molecule has 1 aromatic carbocycles. The molecule has 0 amide bonds. The average Bonchev–Trinajstić information content (AvgIpc) is 2.59. The van der Waals surface area contributed by atoms with Crippen LogP contribution in [0.5, 0.6) is 0 Å². The van der Waals surface area contributed by atoms with Crippen molar-refractivity contribution in [2.45, 2.75) is 44.6 Å². The molecule has 5 heteroatoms. The van der Waals surface area contributed by atoms with Gasteiger partial charge in [0.15, 0.2) is 0 Å². The molecule has 2 saturated heterocycles. The van der Waals surface area contributed by atoms with Crippen molar-refractivity contribution in [3.05, 3.63) is 35.9 Å². The second kappa shape index (κ2) is 9.87. The van der Waals surface area contributed by atoms with Gasteiger partial charge in [-0.3, -0.25) is 5.21 Å². The number of piperidine rings is 2. The Hall–Kier alpha value is -0.980. The van der Waals surface area contributed by atoms with Crippen LogP contribution in [-0.2, 0) is 4.94 Å². The molecule has 118 valence electrons. The predicted octanol–water partition coefficient (Wildman–Crippen LogP) is 2.80. The molecule has 0 aliphatic carbocycles. The number of benzene rings is 1. The fourth-order valence-electron chi connectivity index (χ4n) is 2.88. The Labute approximate surface area is 127 Å². The summed E-state index contributed by atoms with van der Waals surface area (Å²) in [5.74, 6) is 0. The Balaban J connectivity index is 0.000000225. The summed E-state index contributed by atoms with van der Waals surface area (Å²) in [6, 6.07) is 10.5. The zero-order valence-corrected chi connectivity index (χ0v) is 12.6. The van der Waals surface area contributed by atoms with E-state index in [0.29, 0.717) is 0 Å². The number of hydroxylamine groups is 2. The van der Waals surface area contributed by atoms with E-state index in [1.807, 2.05) is 18.2 Å². The Bertz CT molecular complexity index is 358. The lowest BCUT2D eigenvalue weighted by Gasteiger charge is -2.33. The molecule has 2 heterocycles. The van der Waals surface area contributed by atoms with Crippen LogP contribution in [0.1, 0.15) is 50.1 Å². The van der Waals surface area contributed by atoms with E-state index >= 15 is 0 Å². The molecule has 0 saturated carbocycles. The van der Waals surface area contributed by atoms with Gasteiger partial charge in [0.2, 0.25) is 0 Å². The van der Waals surface area contributed by atoms with E-state index in [4.69, 9.17) is 10.1 Å². The van der Waals surface area contributed by atoms with Gasteiger partial charge in [-0.05, 0) is 44.3 Å². The summed E-state index contributed by atoms with van der Waals surface area (Å²) in [6.07, 6.45) is 7.58. The largest absolute Gasteiger partial charge is 0.317 e. The Morgan fingerprint density at radius 3 is 2.38 bits per heavy atom. The molecule has 0 spiro atoms. The van der Waals surface area contributed by atoms with Crippen molar-refractivity contribution < 1.29 is 10.1 Å². The lowest BCUT2D eigenvalue weighted by atomic mass is 9.97. The van der Waals surface area contributed by atoms with E-state index in [0.717, 1.165) is 19.4 Å². The Morgan fingerprint density at radius 2 is 1.81 bits per heavy atom. The molecule has 0 bridgehead atoms. The van der Waals surface area contributed by atoms with Gasteiger partial charge in [0.1, 0.15) is 0 Å². The van der Waals surface area contributed by atoms with Gasteiger partial charge in [-0.25, -0.2) is 0 Å². The third kappa shape index (κ3) is 5.73.